The van der Waals surface area contributed by atoms with Crippen LogP contribution in [-0.4, -0.2) is 29.6 Å². The van der Waals surface area contributed by atoms with E-state index in [0.29, 0.717) is 5.91 Å². The van der Waals surface area contributed by atoms with E-state index in [1.54, 1.807) is 0 Å². The Bertz CT molecular complexity index is 161. The smallest absolute Gasteiger partial charge is 0.225 e. The van der Waals surface area contributed by atoms with E-state index in [4.69, 9.17) is 0 Å². The highest BCUT2D eigenvalue weighted by molar-refractivity contribution is 7.80. The van der Waals surface area contributed by atoms with Gasteiger partial charge in [-0.15, -0.1) is 0 Å². The summed E-state index contributed by atoms with van der Waals surface area (Å²) in [7, 11) is 0. The molecule has 1 fully saturated rings. The minimum absolute atomic E-state index is 0.249. The minimum Gasteiger partial charge on any atom is -0.342 e. The van der Waals surface area contributed by atoms with Crippen molar-refractivity contribution in [2.24, 2.45) is 5.92 Å². The maximum absolute atomic E-state index is 11.5. The number of carbonyl (C=O) groups is 1. The van der Waals surface area contributed by atoms with Crippen molar-refractivity contribution < 1.29 is 4.79 Å². The topological polar surface area (TPSA) is 20.3 Å². The Balaban J connectivity index is 2.36. The molecule has 1 aliphatic rings. The van der Waals surface area contributed by atoms with Gasteiger partial charge in [-0.2, -0.15) is 12.6 Å². The minimum atomic E-state index is 0.249. The lowest BCUT2D eigenvalue weighted by Crippen LogP contribution is -2.40. The van der Waals surface area contributed by atoms with Crippen LogP contribution >= 0.6 is 12.6 Å². The molecule has 3 heteroatoms. The fraction of sp³-hybridized carbons (Fsp3) is 0.889. The van der Waals surface area contributed by atoms with Crippen LogP contribution < -0.4 is 0 Å². The third-order valence-corrected chi connectivity index (χ3v) is 2.70. The summed E-state index contributed by atoms with van der Waals surface area (Å²) in [5.41, 5.74) is 0. The predicted molar refractivity (Wildman–Crippen MR) is 53.4 cm³/mol. The molecule has 12 heavy (non-hydrogen) atoms. The normalized spacial score (nSPS) is 24.7. The lowest BCUT2D eigenvalue weighted by Gasteiger charge is -2.30. The molecule has 70 valence electrons. The fourth-order valence-corrected chi connectivity index (χ4v) is 1.76. The summed E-state index contributed by atoms with van der Waals surface area (Å²) < 4.78 is 0. The van der Waals surface area contributed by atoms with Crippen molar-refractivity contribution in [1.29, 1.82) is 0 Å². The van der Waals surface area contributed by atoms with Crippen molar-refractivity contribution in [1.82, 2.24) is 4.90 Å². The zero-order valence-electron chi connectivity index (χ0n) is 7.62. The van der Waals surface area contributed by atoms with Gasteiger partial charge < -0.3 is 4.90 Å². The van der Waals surface area contributed by atoms with Crippen molar-refractivity contribution >= 4 is 18.5 Å². The van der Waals surface area contributed by atoms with E-state index in [0.717, 1.165) is 31.7 Å². The van der Waals surface area contributed by atoms with Crippen LogP contribution in [0, 0.1) is 5.92 Å². The van der Waals surface area contributed by atoms with Gasteiger partial charge in [-0.05, 0) is 25.0 Å². The molecule has 0 N–H and O–H groups in total. The first-order chi connectivity index (χ1) is 5.75. The molecule has 2 nitrogen and oxygen atoms in total. The molecule has 0 bridgehead atoms. The van der Waals surface area contributed by atoms with Gasteiger partial charge >= 0.3 is 0 Å². The molecular formula is C9H17NOS. The number of nitrogens with zero attached hydrogens (tertiary/aromatic N) is 1. The Hall–Kier alpha value is -0.180. The van der Waals surface area contributed by atoms with Gasteiger partial charge in [-0.25, -0.2) is 0 Å². The van der Waals surface area contributed by atoms with Gasteiger partial charge in [0.25, 0.3) is 0 Å². The van der Waals surface area contributed by atoms with Crippen LogP contribution in [0.3, 0.4) is 0 Å². The lowest BCUT2D eigenvalue weighted by atomic mass is 9.99. The second-order valence-corrected chi connectivity index (χ2v) is 3.89. The van der Waals surface area contributed by atoms with E-state index in [9.17, 15) is 4.79 Å². The highest BCUT2D eigenvalue weighted by Gasteiger charge is 2.23. The van der Waals surface area contributed by atoms with E-state index in [2.05, 4.69) is 12.6 Å². The SMILES string of the molecule is CC1CCCN(CCCS)C1=O. The van der Waals surface area contributed by atoms with Crippen molar-refractivity contribution in [3.8, 4) is 0 Å². The van der Waals surface area contributed by atoms with Crippen molar-refractivity contribution in [3.05, 3.63) is 0 Å². The van der Waals surface area contributed by atoms with Crippen molar-refractivity contribution in [2.45, 2.75) is 26.2 Å². The van der Waals surface area contributed by atoms with Crippen molar-refractivity contribution in [2.75, 3.05) is 18.8 Å². The summed E-state index contributed by atoms with van der Waals surface area (Å²) in [6, 6.07) is 0. The zero-order chi connectivity index (χ0) is 8.97. The summed E-state index contributed by atoms with van der Waals surface area (Å²) in [4.78, 5) is 13.5. The summed E-state index contributed by atoms with van der Waals surface area (Å²) in [6.45, 7) is 3.87. The van der Waals surface area contributed by atoms with Crippen LogP contribution in [0.5, 0.6) is 0 Å². The number of rotatable bonds is 3. The predicted octanol–water partition coefficient (Wildman–Crippen LogP) is 1.56. The molecule has 1 atom stereocenters. The van der Waals surface area contributed by atoms with Gasteiger partial charge in [0, 0.05) is 19.0 Å². The van der Waals surface area contributed by atoms with Crippen LogP contribution in [0.25, 0.3) is 0 Å². The lowest BCUT2D eigenvalue weighted by molar-refractivity contribution is -0.137. The Kier molecular flexibility index (Phi) is 3.92. The van der Waals surface area contributed by atoms with Gasteiger partial charge in [-0.3, -0.25) is 4.79 Å². The Morgan fingerprint density at radius 1 is 1.67 bits per heavy atom. The molecule has 0 spiro atoms. The van der Waals surface area contributed by atoms with Gasteiger partial charge in [0.1, 0.15) is 0 Å². The molecule has 0 aromatic rings. The summed E-state index contributed by atoms with van der Waals surface area (Å²) in [5, 5.41) is 0. The molecule has 0 aliphatic carbocycles. The van der Waals surface area contributed by atoms with E-state index in [1.165, 1.54) is 6.42 Å². The average Bonchev–Trinajstić information content (AvgIpc) is 2.08. The molecule has 0 aromatic carbocycles. The molecule has 0 saturated carbocycles. The number of hydrogen-bond donors (Lipinski definition) is 1. The molecular weight excluding hydrogens is 170 g/mol. The van der Waals surface area contributed by atoms with Crippen LogP contribution in [0.15, 0.2) is 0 Å². The van der Waals surface area contributed by atoms with E-state index in [-0.39, 0.29) is 5.92 Å². The quantitative estimate of drug-likeness (QED) is 0.665. The van der Waals surface area contributed by atoms with Gasteiger partial charge in [0.05, 0.1) is 0 Å². The Morgan fingerprint density at radius 3 is 3.08 bits per heavy atom. The van der Waals surface area contributed by atoms with Gasteiger partial charge in [0.2, 0.25) is 5.91 Å². The summed E-state index contributed by atoms with van der Waals surface area (Å²) in [6.07, 6.45) is 3.25. The van der Waals surface area contributed by atoms with Crippen LogP contribution in [0.4, 0.5) is 0 Å². The van der Waals surface area contributed by atoms with Gasteiger partial charge in [0.15, 0.2) is 0 Å². The molecule has 1 amide bonds. The number of piperidine rings is 1. The molecule has 1 heterocycles. The first-order valence-electron chi connectivity index (χ1n) is 4.65. The largest absolute Gasteiger partial charge is 0.342 e. The Morgan fingerprint density at radius 2 is 2.42 bits per heavy atom. The van der Waals surface area contributed by atoms with E-state index in [1.807, 2.05) is 11.8 Å². The van der Waals surface area contributed by atoms with E-state index >= 15 is 0 Å². The third kappa shape index (κ3) is 2.41. The molecule has 1 unspecified atom stereocenters. The third-order valence-electron chi connectivity index (χ3n) is 2.38. The van der Waals surface area contributed by atoms with Crippen molar-refractivity contribution in [3.63, 3.8) is 0 Å². The van der Waals surface area contributed by atoms with Crippen LogP contribution in [0.2, 0.25) is 0 Å². The monoisotopic (exact) mass is 187 g/mol. The van der Waals surface area contributed by atoms with E-state index < -0.39 is 0 Å². The standard InChI is InChI=1S/C9H17NOS/c1-8-4-2-5-10(9(8)11)6-3-7-12/h8,12H,2-7H2,1H3. The molecule has 1 aliphatic heterocycles. The van der Waals surface area contributed by atoms with Gasteiger partial charge in [-0.1, -0.05) is 6.92 Å². The highest BCUT2D eigenvalue weighted by atomic mass is 32.1. The van der Waals surface area contributed by atoms with Crippen LogP contribution in [-0.2, 0) is 4.79 Å². The first-order valence-corrected chi connectivity index (χ1v) is 5.28. The second-order valence-electron chi connectivity index (χ2n) is 3.45. The summed E-state index contributed by atoms with van der Waals surface area (Å²) in [5.74, 6) is 1.46. The Labute approximate surface area is 79.7 Å². The maximum atomic E-state index is 11.5. The first kappa shape index (κ1) is 9.90. The number of hydrogen-bond acceptors (Lipinski definition) is 2. The average molecular weight is 187 g/mol. The number of thiol groups is 1. The molecule has 0 radical (unpaired) electrons. The molecule has 1 rings (SSSR count). The number of carbonyl (C=O) groups excluding carboxylic acids is 1. The second kappa shape index (κ2) is 4.75. The highest BCUT2D eigenvalue weighted by Crippen LogP contribution is 2.17. The van der Waals surface area contributed by atoms with Crippen LogP contribution in [0.1, 0.15) is 26.2 Å². The number of amides is 1. The summed E-state index contributed by atoms with van der Waals surface area (Å²) >= 11 is 4.13. The maximum Gasteiger partial charge on any atom is 0.225 e. The molecule has 1 saturated heterocycles. The molecule has 0 aromatic heterocycles. The fourth-order valence-electron chi connectivity index (χ4n) is 1.62. The number of likely N-dealkylation sites (tertiary alicyclic amines) is 1. The zero-order valence-corrected chi connectivity index (χ0v) is 8.52.